The van der Waals surface area contributed by atoms with Crippen LogP contribution >= 0.6 is 0 Å². The van der Waals surface area contributed by atoms with E-state index in [-0.39, 0.29) is 17.7 Å². The van der Waals surface area contributed by atoms with Crippen molar-refractivity contribution in [2.75, 3.05) is 0 Å². The molecule has 5 heteroatoms. The van der Waals surface area contributed by atoms with Crippen LogP contribution in [0.2, 0.25) is 0 Å². The van der Waals surface area contributed by atoms with Gasteiger partial charge in [0.2, 0.25) is 0 Å². The molecule has 0 spiro atoms. The van der Waals surface area contributed by atoms with Crippen molar-refractivity contribution in [1.29, 1.82) is 0 Å². The molecule has 20 heavy (non-hydrogen) atoms. The van der Waals surface area contributed by atoms with Crippen LogP contribution in [0.5, 0.6) is 0 Å². The second kappa shape index (κ2) is 5.56. The van der Waals surface area contributed by atoms with Crippen LogP contribution in [-0.2, 0) is 6.18 Å². The van der Waals surface area contributed by atoms with E-state index in [4.69, 9.17) is 5.73 Å². The smallest absolute Gasteiger partial charge is 0.328 e. The van der Waals surface area contributed by atoms with Gasteiger partial charge in [-0.05, 0) is 43.9 Å². The fraction of sp³-hybridized carbons (Fsp3) is 0.533. The summed E-state index contributed by atoms with van der Waals surface area (Å²) >= 11 is 0. The number of carbonyl (C=O) groups excluding carboxylic acids is 1. The van der Waals surface area contributed by atoms with E-state index in [1.165, 1.54) is 6.07 Å². The summed E-state index contributed by atoms with van der Waals surface area (Å²) in [6.07, 6.45) is -1.17. The number of ketones is 1. The Morgan fingerprint density at radius 1 is 1.30 bits per heavy atom. The number of Topliss-reactive ketones (excluding diaryl/α,β-unsaturated/α-hetero) is 1. The highest BCUT2D eigenvalue weighted by Gasteiger charge is 2.32. The number of nitrogens with two attached hydrogens (primary N) is 1. The lowest BCUT2D eigenvalue weighted by molar-refractivity contribution is -0.137. The maximum atomic E-state index is 12.6. The minimum atomic E-state index is -4.38. The van der Waals surface area contributed by atoms with Gasteiger partial charge in [0.05, 0.1) is 5.56 Å². The molecule has 0 aliphatic heterocycles. The fourth-order valence-corrected chi connectivity index (χ4v) is 2.80. The zero-order valence-electron chi connectivity index (χ0n) is 11.3. The summed E-state index contributed by atoms with van der Waals surface area (Å²) in [6.45, 7) is 1.55. The summed E-state index contributed by atoms with van der Waals surface area (Å²) in [5.74, 6) is -0.236. The second-order valence-electron chi connectivity index (χ2n) is 5.52. The topological polar surface area (TPSA) is 43.1 Å². The van der Waals surface area contributed by atoms with Crippen LogP contribution in [0.25, 0.3) is 0 Å². The van der Waals surface area contributed by atoms with E-state index in [0.717, 1.165) is 31.4 Å². The molecule has 0 aromatic heterocycles. The average molecular weight is 285 g/mol. The molecule has 0 saturated heterocycles. The third-order valence-electron chi connectivity index (χ3n) is 3.90. The summed E-state index contributed by atoms with van der Waals surface area (Å²) in [5.41, 5.74) is 5.91. The molecule has 0 radical (unpaired) electrons. The van der Waals surface area contributed by atoms with Gasteiger partial charge in [0.25, 0.3) is 0 Å². The maximum Gasteiger partial charge on any atom is 0.416 e. The quantitative estimate of drug-likeness (QED) is 0.842. The zero-order valence-corrected chi connectivity index (χ0v) is 11.3. The third-order valence-corrected chi connectivity index (χ3v) is 3.90. The number of rotatable bonds is 2. The van der Waals surface area contributed by atoms with Crippen LogP contribution in [0, 0.1) is 12.8 Å². The van der Waals surface area contributed by atoms with Gasteiger partial charge in [0.1, 0.15) is 0 Å². The Kier molecular flexibility index (Phi) is 4.18. The Morgan fingerprint density at radius 2 is 2.00 bits per heavy atom. The first-order valence-electron chi connectivity index (χ1n) is 6.76. The van der Waals surface area contributed by atoms with Crippen molar-refractivity contribution in [1.82, 2.24) is 0 Å². The monoisotopic (exact) mass is 285 g/mol. The van der Waals surface area contributed by atoms with Gasteiger partial charge < -0.3 is 5.73 Å². The molecule has 0 amide bonds. The van der Waals surface area contributed by atoms with E-state index in [1.807, 2.05) is 0 Å². The summed E-state index contributed by atoms with van der Waals surface area (Å²) in [6, 6.07) is 3.33. The Bertz CT molecular complexity index is 510. The highest BCUT2D eigenvalue weighted by molar-refractivity contribution is 5.99. The molecule has 1 aromatic carbocycles. The molecule has 110 valence electrons. The number of carbonyl (C=O) groups is 1. The van der Waals surface area contributed by atoms with Gasteiger partial charge >= 0.3 is 6.18 Å². The van der Waals surface area contributed by atoms with Crippen LogP contribution in [-0.4, -0.2) is 11.8 Å². The normalized spacial score (nSPS) is 23.6. The van der Waals surface area contributed by atoms with Crippen LogP contribution < -0.4 is 5.73 Å². The van der Waals surface area contributed by atoms with E-state index >= 15 is 0 Å². The van der Waals surface area contributed by atoms with E-state index in [0.29, 0.717) is 17.5 Å². The van der Waals surface area contributed by atoms with E-state index in [1.54, 1.807) is 6.92 Å². The molecule has 2 nitrogen and oxygen atoms in total. The Morgan fingerprint density at radius 3 is 2.55 bits per heavy atom. The van der Waals surface area contributed by atoms with Crippen LogP contribution in [0.15, 0.2) is 18.2 Å². The van der Waals surface area contributed by atoms with Crippen LogP contribution in [0.4, 0.5) is 13.2 Å². The first kappa shape index (κ1) is 15.0. The number of benzene rings is 1. The Labute approximate surface area is 116 Å². The van der Waals surface area contributed by atoms with Crippen molar-refractivity contribution in [3.8, 4) is 0 Å². The molecular formula is C15H18F3NO. The van der Waals surface area contributed by atoms with Gasteiger partial charge in [0, 0.05) is 17.5 Å². The average Bonchev–Trinajstić information content (AvgIpc) is 2.36. The molecule has 1 aromatic rings. The fourth-order valence-electron chi connectivity index (χ4n) is 2.80. The predicted octanol–water partition coefficient (Wildman–Crippen LogP) is 3.71. The molecule has 2 N–H and O–H groups in total. The zero-order chi connectivity index (χ0) is 14.9. The molecular weight excluding hydrogens is 267 g/mol. The third kappa shape index (κ3) is 3.20. The Balaban J connectivity index is 2.22. The highest BCUT2D eigenvalue weighted by atomic mass is 19.4. The van der Waals surface area contributed by atoms with Crippen molar-refractivity contribution in [3.63, 3.8) is 0 Å². The molecule has 2 rings (SSSR count). The first-order valence-corrected chi connectivity index (χ1v) is 6.76. The van der Waals surface area contributed by atoms with Gasteiger partial charge in [-0.25, -0.2) is 0 Å². The van der Waals surface area contributed by atoms with Crippen molar-refractivity contribution in [2.24, 2.45) is 11.7 Å². The van der Waals surface area contributed by atoms with Gasteiger partial charge in [-0.3, -0.25) is 4.79 Å². The molecule has 2 atom stereocenters. The van der Waals surface area contributed by atoms with Crippen molar-refractivity contribution >= 4 is 5.78 Å². The lowest BCUT2D eigenvalue weighted by Crippen LogP contribution is -2.31. The summed E-state index contributed by atoms with van der Waals surface area (Å²) in [5, 5.41) is 0. The molecule has 1 fully saturated rings. The minimum absolute atomic E-state index is 0.0208. The predicted molar refractivity (Wildman–Crippen MR) is 70.4 cm³/mol. The van der Waals surface area contributed by atoms with Crippen molar-refractivity contribution in [2.45, 2.75) is 44.8 Å². The molecule has 1 saturated carbocycles. The molecule has 0 heterocycles. The minimum Gasteiger partial charge on any atom is -0.328 e. The van der Waals surface area contributed by atoms with Gasteiger partial charge in [-0.15, -0.1) is 0 Å². The number of alkyl halides is 3. The number of hydrogen-bond donors (Lipinski definition) is 1. The summed E-state index contributed by atoms with van der Waals surface area (Å²) in [4.78, 5) is 12.4. The van der Waals surface area contributed by atoms with E-state index in [2.05, 4.69) is 0 Å². The van der Waals surface area contributed by atoms with E-state index < -0.39 is 11.7 Å². The number of halogens is 3. The van der Waals surface area contributed by atoms with Gasteiger partial charge in [-0.1, -0.05) is 12.5 Å². The van der Waals surface area contributed by atoms with Crippen LogP contribution in [0.3, 0.4) is 0 Å². The molecule has 2 unspecified atom stereocenters. The number of aryl methyl sites for hydroxylation is 1. The first-order chi connectivity index (χ1) is 9.29. The largest absolute Gasteiger partial charge is 0.416 e. The summed E-state index contributed by atoms with van der Waals surface area (Å²) < 4.78 is 37.8. The van der Waals surface area contributed by atoms with Gasteiger partial charge in [0.15, 0.2) is 5.78 Å². The lowest BCUT2D eigenvalue weighted by Gasteiger charge is -2.26. The maximum absolute atomic E-state index is 12.6. The highest BCUT2D eigenvalue weighted by Crippen LogP contribution is 2.32. The SMILES string of the molecule is Cc1cc(C(F)(F)F)ccc1C(=O)C1CCCC(N)C1. The summed E-state index contributed by atoms with van der Waals surface area (Å²) in [7, 11) is 0. The number of hydrogen-bond acceptors (Lipinski definition) is 2. The van der Waals surface area contributed by atoms with Gasteiger partial charge in [-0.2, -0.15) is 13.2 Å². The molecule has 0 bridgehead atoms. The molecule has 1 aliphatic carbocycles. The standard InChI is InChI=1S/C15H18F3NO/c1-9-7-11(15(16,17)18)5-6-13(9)14(20)10-3-2-4-12(19)8-10/h5-7,10,12H,2-4,8,19H2,1H3. The van der Waals surface area contributed by atoms with E-state index in [9.17, 15) is 18.0 Å². The second-order valence-corrected chi connectivity index (χ2v) is 5.52. The molecule has 1 aliphatic rings. The Hall–Kier alpha value is -1.36. The van der Waals surface area contributed by atoms with Crippen molar-refractivity contribution < 1.29 is 18.0 Å². The van der Waals surface area contributed by atoms with Crippen LogP contribution in [0.1, 0.15) is 47.2 Å². The van der Waals surface area contributed by atoms with Crippen molar-refractivity contribution in [3.05, 3.63) is 34.9 Å². The lowest BCUT2D eigenvalue weighted by atomic mass is 9.80.